The van der Waals surface area contributed by atoms with E-state index in [4.69, 9.17) is 9.15 Å². The minimum absolute atomic E-state index is 0.281. The van der Waals surface area contributed by atoms with Gasteiger partial charge in [0.1, 0.15) is 16.5 Å². The number of hydrogen-bond acceptors (Lipinski definition) is 6. The molecule has 2 aromatic heterocycles. The Kier molecular flexibility index (Phi) is 6.16. The van der Waals surface area contributed by atoms with Crippen molar-refractivity contribution >= 4 is 28.5 Å². The first-order chi connectivity index (χ1) is 12.7. The van der Waals surface area contributed by atoms with Crippen molar-refractivity contribution in [1.29, 1.82) is 0 Å². The summed E-state index contributed by atoms with van der Waals surface area (Å²) in [5.74, 6) is 1.17. The molecule has 134 valence electrons. The second-order valence-corrected chi connectivity index (χ2v) is 6.50. The molecular weight excluding hydrogens is 350 g/mol. The van der Waals surface area contributed by atoms with Crippen molar-refractivity contribution in [3.05, 3.63) is 65.1 Å². The second kappa shape index (κ2) is 8.96. The van der Waals surface area contributed by atoms with Gasteiger partial charge in [-0.05, 0) is 42.3 Å². The number of carbonyl (C=O) groups is 1. The van der Waals surface area contributed by atoms with E-state index in [-0.39, 0.29) is 5.91 Å². The highest BCUT2D eigenvalue weighted by Gasteiger charge is 2.07. The van der Waals surface area contributed by atoms with Crippen molar-refractivity contribution in [2.45, 2.75) is 19.8 Å². The first-order valence-corrected chi connectivity index (χ1v) is 9.11. The standard InChI is InChI=1S/C19H19N3O3S/c1-2-14-5-7-16(8-6-14)25-13-11-18-21-22-19(26-18)20-17(23)10-9-15-4-3-12-24-15/h3-10,12H,2,11,13H2,1H3,(H,20,22,23)/b10-9+. The molecule has 1 aromatic carbocycles. The van der Waals surface area contributed by atoms with E-state index in [1.807, 2.05) is 12.1 Å². The summed E-state index contributed by atoms with van der Waals surface area (Å²) in [6.07, 6.45) is 6.17. The average Bonchev–Trinajstić information content (AvgIpc) is 3.33. The van der Waals surface area contributed by atoms with Crippen LogP contribution >= 0.6 is 11.3 Å². The predicted molar refractivity (Wildman–Crippen MR) is 101 cm³/mol. The molecule has 0 saturated carbocycles. The van der Waals surface area contributed by atoms with Gasteiger partial charge in [-0.1, -0.05) is 30.4 Å². The third-order valence-corrected chi connectivity index (χ3v) is 4.45. The monoisotopic (exact) mass is 369 g/mol. The molecule has 26 heavy (non-hydrogen) atoms. The summed E-state index contributed by atoms with van der Waals surface area (Å²) in [6, 6.07) is 11.6. The number of rotatable bonds is 8. The molecule has 0 unspecified atom stereocenters. The van der Waals surface area contributed by atoms with Crippen LogP contribution in [0.15, 0.2) is 53.2 Å². The number of ether oxygens (including phenoxy) is 1. The lowest BCUT2D eigenvalue weighted by atomic mass is 10.2. The average molecular weight is 369 g/mol. The number of hydrogen-bond donors (Lipinski definition) is 1. The summed E-state index contributed by atoms with van der Waals surface area (Å²) < 4.78 is 10.8. The highest BCUT2D eigenvalue weighted by Crippen LogP contribution is 2.17. The van der Waals surface area contributed by atoms with Crippen LogP contribution in [0.4, 0.5) is 5.13 Å². The molecule has 0 fully saturated rings. The topological polar surface area (TPSA) is 77.3 Å². The van der Waals surface area contributed by atoms with Crippen molar-refractivity contribution in [2.24, 2.45) is 0 Å². The molecule has 0 aliphatic rings. The summed E-state index contributed by atoms with van der Waals surface area (Å²) in [5, 5.41) is 12.0. The number of anilines is 1. The van der Waals surface area contributed by atoms with E-state index in [1.165, 1.54) is 23.0 Å². The maximum Gasteiger partial charge on any atom is 0.250 e. The van der Waals surface area contributed by atoms with E-state index in [1.54, 1.807) is 24.5 Å². The van der Waals surface area contributed by atoms with Crippen molar-refractivity contribution < 1.29 is 13.9 Å². The fourth-order valence-electron chi connectivity index (χ4n) is 2.17. The van der Waals surface area contributed by atoms with Gasteiger partial charge < -0.3 is 9.15 Å². The van der Waals surface area contributed by atoms with E-state index >= 15 is 0 Å². The number of aromatic nitrogens is 2. The quantitative estimate of drug-likeness (QED) is 0.608. The molecule has 0 aliphatic heterocycles. The molecule has 0 saturated heterocycles. The number of nitrogens with zero attached hydrogens (tertiary/aromatic N) is 2. The molecule has 0 aliphatic carbocycles. The van der Waals surface area contributed by atoms with Gasteiger partial charge in [0.15, 0.2) is 0 Å². The lowest BCUT2D eigenvalue weighted by Crippen LogP contribution is -2.07. The lowest BCUT2D eigenvalue weighted by Gasteiger charge is -2.05. The van der Waals surface area contributed by atoms with Gasteiger partial charge in [-0.25, -0.2) is 0 Å². The van der Waals surface area contributed by atoms with Crippen LogP contribution < -0.4 is 10.1 Å². The van der Waals surface area contributed by atoms with Crippen LogP contribution in [0.25, 0.3) is 6.08 Å². The molecule has 1 amide bonds. The molecule has 3 rings (SSSR count). The Morgan fingerprint density at radius 2 is 2.12 bits per heavy atom. The van der Waals surface area contributed by atoms with Crippen LogP contribution in [-0.2, 0) is 17.6 Å². The number of benzene rings is 1. The molecule has 7 heteroatoms. The molecule has 0 spiro atoms. The number of amides is 1. The Morgan fingerprint density at radius 3 is 2.85 bits per heavy atom. The van der Waals surface area contributed by atoms with Crippen molar-refractivity contribution in [3.8, 4) is 5.75 Å². The van der Waals surface area contributed by atoms with Crippen LogP contribution in [0.1, 0.15) is 23.3 Å². The first kappa shape index (κ1) is 17.9. The Bertz CT molecular complexity index is 855. The molecule has 3 aromatic rings. The minimum atomic E-state index is -0.281. The molecular formula is C19H19N3O3S. The van der Waals surface area contributed by atoms with E-state index in [0.717, 1.165) is 17.2 Å². The molecule has 0 radical (unpaired) electrons. The Labute approximate surface area is 155 Å². The van der Waals surface area contributed by atoms with Crippen molar-refractivity contribution in [2.75, 3.05) is 11.9 Å². The van der Waals surface area contributed by atoms with Crippen molar-refractivity contribution in [1.82, 2.24) is 10.2 Å². The number of nitrogens with one attached hydrogen (secondary N) is 1. The van der Waals surface area contributed by atoms with Crippen LogP contribution in [0.2, 0.25) is 0 Å². The van der Waals surface area contributed by atoms with E-state index < -0.39 is 0 Å². The minimum Gasteiger partial charge on any atom is -0.493 e. The largest absolute Gasteiger partial charge is 0.493 e. The van der Waals surface area contributed by atoms with E-state index in [2.05, 4.69) is 34.6 Å². The zero-order valence-corrected chi connectivity index (χ0v) is 15.2. The molecule has 2 heterocycles. The summed E-state index contributed by atoms with van der Waals surface area (Å²) in [4.78, 5) is 11.8. The Morgan fingerprint density at radius 1 is 1.27 bits per heavy atom. The molecule has 6 nitrogen and oxygen atoms in total. The van der Waals surface area contributed by atoms with Gasteiger partial charge in [-0.2, -0.15) is 0 Å². The van der Waals surface area contributed by atoms with Gasteiger partial charge in [0.2, 0.25) is 11.0 Å². The Balaban J connectivity index is 1.44. The molecule has 1 N–H and O–H groups in total. The van der Waals surface area contributed by atoms with Gasteiger partial charge in [-0.15, -0.1) is 10.2 Å². The second-order valence-electron chi connectivity index (χ2n) is 5.43. The van der Waals surface area contributed by atoms with Gasteiger partial charge in [0.25, 0.3) is 0 Å². The predicted octanol–water partition coefficient (Wildman–Crippen LogP) is 3.97. The fraction of sp³-hybridized carbons (Fsp3) is 0.211. The fourth-order valence-corrected chi connectivity index (χ4v) is 2.90. The molecule has 0 atom stereocenters. The highest BCUT2D eigenvalue weighted by molar-refractivity contribution is 7.15. The summed E-state index contributed by atoms with van der Waals surface area (Å²) in [6.45, 7) is 2.63. The van der Waals surface area contributed by atoms with Gasteiger partial charge in [-0.3, -0.25) is 10.1 Å². The maximum atomic E-state index is 11.8. The van der Waals surface area contributed by atoms with Crippen LogP contribution in [0, 0.1) is 0 Å². The first-order valence-electron chi connectivity index (χ1n) is 8.29. The van der Waals surface area contributed by atoms with Gasteiger partial charge in [0.05, 0.1) is 12.9 Å². The van der Waals surface area contributed by atoms with Gasteiger partial charge >= 0.3 is 0 Å². The maximum absolute atomic E-state index is 11.8. The summed E-state index contributed by atoms with van der Waals surface area (Å²) in [5.41, 5.74) is 1.28. The number of carbonyl (C=O) groups excluding carboxylic acids is 1. The summed E-state index contributed by atoms with van der Waals surface area (Å²) in [7, 11) is 0. The van der Waals surface area contributed by atoms with Crippen LogP contribution in [0.3, 0.4) is 0 Å². The van der Waals surface area contributed by atoms with E-state index in [9.17, 15) is 4.79 Å². The number of furan rings is 1. The zero-order valence-electron chi connectivity index (χ0n) is 14.3. The third-order valence-electron chi connectivity index (χ3n) is 3.56. The van der Waals surface area contributed by atoms with Crippen LogP contribution in [-0.4, -0.2) is 22.7 Å². The molecule has 0 bridgehead atoms. The normalized spacial score (nSPS) is 11.0. The highest BCUT2D eigenvalue weighted by atomic mass is 32.1. The van der Waals surface area contributed by atoms with Crippen LogP contribution in [0.5, 0.6) is 5.75 Å². The van der Waals surface area contributed by atoms with Crippen molar-refractivity contribution in [3.63, 3.8) is 0 Å². The zero-order chi connectivity index (χ0) is 18.2. The van der Waals surface area contributed by atoms with Gasteiger partial charge in [0, 0.05) is 12.5 Å². The SMILES string of the molecule is CCc1ccc(OCCc2nnc(NC(=O)/C=C/c3ccco3)s2)cc1. The Hall–Kier alpha value is -2.93. The third kappa shape index (κ3) is 5.29. The lowest BCUT2D eigenvalue weighted by molar-refractivity contribution is -0.111. The summed E-state index contributed by atoms with van der Waals surface area (Å²) >= 11 is 1.33. The van der Waals surface area contributed by atoms with E-state index in [0.29, 0.717) is 23.9 Å². The smallest absolute Gasteiger partial charge is 0.250 e. The number of aryl methyl sites for hydroxylation is 1.